The van der Waals surface area contributed by atoms with E-state index < -0.39 is 15.1 Å². The van der Waals surface area contributed by atoms with Gasteiger partial charge in [0.1, 0.15) is 5.25 Å². The molecule has 0 aromatic rings. The first-order valence-corrected chi connectivity index (χ1v) is 6.08. The molecule has 2 rings (SSSR count). The van der Waals surface area contributed by atoms with Crippen molar-refractivity contribution in [2.24, 2.45) is 5.92 Å². The van der Waals surface area contributed by atoms with Crippen molar-refractivity contribution in [1.82, 2.24) is 0 Å². The molecular formula is C8H12O3S. The van der Waals surface area contributed by atoms with Crippen LogP contribution in [0.1, 0.15) is 25.7 Å². The second-order valence-corrected chi connectivity index (χ2v) is 5.98. The topological polar surface area (TPSA) is 51.2 Å². The van der Waals surface area contributed by atoms with Gasteiger partial charge in [0.15, 0.2) is 15.6 Å². The molecule has 4 heteroatoms. The normalized spacial score (nSPS) is 33.5. The Hall–Kier alpha value is -0.380. The molecule has 3 nitrogen and oxygen atoms in total. The highest BCUT2D eigenvalue weighted by atomic mass is 32.2. The SMILES string of the molecule is O=C(C1CC1)C1CCCS1(=O)=O. The summed E-state index contributed by atoms with van der Waals surface area (Å²) >= 11 is 0. The summed E-state index contributed by atoms with van der Waals surface area (Å²) in [4.78, 5) is 11.4. The molecule has 0 radical (unpaired) electrons. The second kappa shape index (κ2) is 2.55. The Labute approximate surface area is 72.1 Å². The quantitative estimate of drug-likeness (QED) is 0.635. The van der Waals surface area contributed by atoms with Crippen LogP contribution in [0.25, 0.3) is 0 Å². The summed E-state index contributed by atoms with van der Waals surface area (Å²) < 4.78 is 22.6. The Balaban J connectivity index is 2.17. The number of Topliss-reactive ketones (excluding diaryl/α,β-unsaturated/α-hetero) is 1. The minimum atomic E-state index is -3.04. The second-order valence-electron chi connectivity index (χ2n) is 3.67. The molecule has 1 heterocycles. The molecule has 68 valence electrons. The first kappa shape index (κ1) is 8.23. The first-order valence-electron chi connectivity index (χ1n) is 4.36. The van der Waals surface area contributed by atoms with Gasteiger partial charge in [-0.2, -0.15) is 0 Å². The fraction of sp³-hybridized carbons (Fsp3) is 0.875. The van der Waals surface area contributed by atoms with Crippen LogP contribution in [-0.2, 0) is 14.6 Å². The Morgan fingerprint density at radius 3 is 2.25 bits per heavy atom. The summed E-state index contributed by atoms with van der Waals surface area (Å²) in [5.41, 5.74) is 0. The fourth-order valence-corrected chi connectivity index (χ4v) is 3.67. The van der Waals surface area contributed by atoms with E-state index in [2.05, 4.69) is 0 Å². The van der Waals surface area contributed by atoms with E-state index in [0.29, 0.717) is 12.8 Å². The van der Waals surface area contributed by atoms with Crippen molar-refractivity contribution in [2.45, 2.75) is 30.9 Å². The zero-order valence-corrected chi connectivity index (χ0v) is 7.64. The van der Waals surface area contributed by atoms with Crippen molar-refractivity contribution in [2.75, 3.05) is 5.75 Å². The van der Waals surface area contributed by atoms with E-state index in [1.54, 1.807) is 0 Å². The van der Waals surface area contributed by atoms with Crippen LogP contribution in [0, 0.1) is 5.92 Å². The molecule has 12 heavy (non-hydrogen) atoms. The van der Waals surface area contributed by atoms with E-state index in [1.165, 1.54) is 0 Å². The number of carbonyl (C=O) groups excluding carboxylic acids is 1. The third kappa shape index (κ3) is 1.28. The molecule has 1 saturated carbocycles. The van der Waals surface area contributed by atoms with Gasteiger partial charge in [-0.15, -0.1) is 0 Å². The summed E-state index contributed by atoms with van der Waals surface area (Å²) in [6, 6.07) is 0. The third-order valence-electron chi connectivity index (χ3n) is 2.63. The van der Waals surface area contributed by atoms with Crippen LogP contribution in [0.3, 0.4) is 0 Å². The summed E-state index contributed by atoms with van der Waals surface area (Å²) in [6.45, 7) is 0. The van der Waals surface area contributed by atoms with Crippen molar-refractivity contribution in [3.05, 3.63) is 0 Å². The monoisotopic (exact) mass is 188 g/mol. The van der Waals surface area contributed by atoms with Crippen LogP contribution >= 0.6 is 0 Å². The number of ketones is 1. The Kier molecular flexibility index (Phi) is 1.75. The van der Waals surface area contributed by atoms with Crippen LogP contribution in [-0.4, -0.2) is 25.2 Å². The van der Waals surface area contributed by atoms with Gasteiger partial charge in [0, 0.05) is 5.92 Å². The largest absolute Gasteiger partial charge is 0.298 e. The van der Waals surface area contributed by atoms with E-state index in [1.807, 2.05) is 0 Å². The lowest BCUT2D eigenvalue weighted by Crippen LogP contribution is -2.27. The van der Waals surface area contributed by atoms with Crippen LogP contribution in [0.15, 0.2) is 0 Å². The highest BCUT2D eigenvalue weighted by Crippen LogP contribution is 2.35. The lowest BCUT2D eigenvalue weighted by atomic mass is 10.1. The summed E-state index contributed by atoms with van der Waals surface area (Å²) in [6.07, 6.45) is 3.05. The summed E-state index contributed by atoms with van der Waals surface area (Å²) in [5.74, 6) is 0.297. The van der Waals surface area contributed by atoms with Crippen molar-refractivity contribution < 1.29 is 13.2 Å². The van der Waals surface area contributed by atoms with Crippen molar-refractivity contribution in [3.63, 3.8) is 0 Å². The average molecular weight is 188 g/mol. The molecule has 0 spiro atoms. The molecular weight excluding hydrogens is 176 g/mol. The minimum Gasteiger partial charge on any atom is -0.298 e. The Bertz CT molecular complexity index is 300. The Morgan fingerprint density at radius 1 is 1.17 bits per heavy atom. The molecule has 2 aliphatic rings. The van der Waals surface area contributed by atoms with Crippen LogP contribution in [0.2, 0.25) is 0 Å². The van der Waals surface area contributed by atoms with Gasteiger partial charge < -0.3 is 0 Å². The molecule has 0 aromatic carbocycles. The number of hydrogen-bond donors (Lipinski definition) is 0. The molecule has 1 saturated heterocycles. The molecule has 0 N–H and O–H groups in total. The van der Waals surface area contributed by atoms with E-state index >= 15 is 0 Å². The molecule has 1 aliphatic heterocycles. The highest BCUT2D eigenvalue weighted by molar-refractivity contribution is 7.93. The van der Waals surface area contributed by atoms with Gasteiger partial charge in [0.2, 0.25) is 0 Å². The van der Waals surface area contributed by atoms with Crippen molar-refractivity contribution in [3.8, 4) is 0 Å². The molecule has 1 aliphatic carbocycles. The summed E-state index contributed by atoms with van der Waals surface area (Å²) in [7, 11) is -3.04. The van der Waals surface area contributed by atoms with Crippen LogP contribution in [0.5, 0.6) is 0 Å². The van der Waals surface area contributed by atoms with Gasteiger partial charge in [0.05, 0.1) is 5.75 Å². The van der Waals surface area contributed by atoms with Gasteiger partial charge >= 0.3 is 0 Å². The number of hydrogen-bond acceptors (Lipinski definition) is 3. The molecule has 1 unspecified atom stereocenters. The first-order chi connectivity index (χ1) is 5.61. The van der Waals surface area contributed by atoms with Gasteiger partial charge in [-0.1, -0.05) is 0 Å². The fourth-order valence-electron chi connectivity index (χ4n) is 1.74. The molecule has 0 aromatic heterocycles. The van der Waals surface area contributed by atoms with E-state index in [0.717, 1.165) is 12.8 Å². The Morgan fingerprint density at radius 2 is 1.83 bits per heavy atom. The summed E-state index contributed by atoms with van der Waals surface area (Å²) in [5, 5.41) is -0.634. The minimum absolute atomic E-state index is 0.00694. The maximum Gasteiger partial charge on any atom is 0.160 e. The molecule has 0 bridgehead atoms. The highest BCUT2D eigenvalue weighted by Gasteiger charge is 2.43. The lowest BCUT2D eigenvalue weighted by Gasteiger charge is -2.05. The predicted molar refractivity (Wildman–Crippen MR) is 44.5 cm³/mol. The number of sulfone groups is 1. The van der Waals surface area contributed by atoms with E-state index in [9.17, 15) is 13.2 Å². The maximum atomic E-state index is 11.4. The lowest BCUT2D eigenvalue weighted by molar-refractivity contribution is -0.119. The van der Waals surface area contributed by atoms with Crippen LogP contribution < -0.4 is 0 Å². The van der Waals surface area contributed by atoms with Gasteiger partial charge in [0.25, 0.3) is 0 Å². The average Bonchev–Trinajstić information content (AvgIpc) is 2.75. The van der Waals surface area contributed by atoms with Gasteiger partial charge in [-0.3, -0.25) is 4.79 Å². The molecule has 1 atom stereocenters. The van der Waals surface area contributed by atoms with Crippen LogP contribution in [0.4, 0.5) is 0 Å². The molecule has 0 amide bonds. The number of rotatable bonds is 2. The zero-order chi connectivity index (χ0) is 8.77. The third-order valence-corrected chi connectivity index (χ3v) is 4.82. The predicted octanol–water partition coefficient (Wildman–Crippen LogP) is 0.543. The van der Waals surface area contributed by atoms with E-state index in [4.69, 9.17) is 0 Å². The maximum absolute atomic E-state index is 11.4. The molecule has 2 fully saturated rings. The zero-order valence-electron chi connectivity index (χ0n) is 6.82. The van der Waals surface area contributed by atoms with Crippen molar-refractivity contribution >= 4 is 15.6 Å². The van der Waals surface area contributed by atoms with E-state index in [-0.39, 0.29) is 17.5 Å². The smallest absolute Gasteiger partial charge is 0.160 e. The standard InChI is InChI=1S/C8H12O3S/c9-8(6-3-4-6)7-2-1-5-12(7,10)11/h6-7H,1-5H2. The number of carbonyl (C=O) groups is 1. The van der Waals surface area contributed by atoms with Gasteiger partial charge in [-0.05, 0) is 25.7 Å². The van der Waals surface area contributed by atoms with Gasteiger partial charge in [-0.25, -0.2) is 8.42 Å². The van der Waals surface area contributed by atoms with Crippen molar-refractivity contribution in [1.29, 1.82) is 0 Å².